The molecule has 1 N–H and O–H groups in total. The SMILES string of the molecule is COCCc1nc(-c2ccc3c(c2)N(C(C)C(=O)Nc2cccc(Cl)c2C)C(=O)CO3)cs1. The Morgan fingerprint density at radius 2 is 2.18 bits per heavy atom. The molecule has 2 aromatic carbocycles. The number of nitrogens with one attached hydrogen (secondary N) is 1. The van der Waals surface area contributed by atoms with Crippen molar-refractivity contribution in [3.8, 4) is 17.0 Å². The quantitative estimate of drug-likeness (QED) is 0.524. The number of ether oxygens (including phenoxy) is 2. The number of rotatable bonds is 7. The molecule has 2 amide bonds. The maximum atomic E-state index is 13.1. The van der Waals surface area contributed by atoms with Crippen LogP contribution in [-0.4, -0.2) is 43.2 Å². The molecule has 0 bridgehead atoms. The second kappa shape index (κ2) is 9.91. The third kappa shape index (κ3) is 4.88. The molecule has 0 aliphatic carbocycles. The van der Waals surface area contributed by atoms with Crippen LogP contribution in [0.3, 0.4) is 0 Å². The topological polar surface area (TPSA) is 80.8 Å². The number of amides is 2. The van der Waals surface area contributed by atoms with E-state index in [1.807, 2.05) is 30.5 Å². The van der Waals surface area contributed by atoms with Gasteiger partial charge in [0.1, 0.15) is 11.8 Å². The van der Waals surface area contributed by atoms with Crippen LogP contribution in [0.5, 0.6) is 5.75 Å². The minimum Gasteiger partial charge on any atom is -0.482 e. The van der Waals surface area contributed by atoms with E-state index in [9.17, 15) is 9.59 Å². The van der Waals surface area contributed by atoms with Crippen molar-refractivity contribution < 1.29 is 19.1 Å². The molecular formula is C24H24ClN3O4S. The van der Waals surface area contributed by atoms with Gasteiger partial charge in [0.25, 0.3) is 5.91 Å². The van der Waals surface area contributed by atoms with Gasteiger partial charge in [-0.2, -0.15) is 0 Å². The van der Waals surface area contributed by atoms with E-state index in [-0.39, 0.29) is 18.4 Å². The van der Waals surface area contributed by atoms with Gasteiger partial charge in [-0.3, -0.25) is 14.5 Å². The van der Waals surface area contributed by atoms with Gasteiger partial charge >= 0.3 is 0 Å². The summed E-state index contributed by atoms with van der Waals surface area (Å²) in [7, 11) is 1.66. The molecule has 9 heteroatoms. The minimum atomic E-state index is -0.763. The van der Waals surface area contributed by atoms with Gasteiger partial charge in [0.15, 0.2) is 6.61 Å². The summed E-state index contributed by atoms with van der Waals surface area (Å²) in [4.78, 5) is 32.0. The number of methoxy groups -OCH3 is 1. The van der Waals surface area contributed by atoms with E-state index in [1.54, 1.807) is 43.6 Å². The third-order valence-corrected chi connectivity index (χ3v) is 6.82. The highest BCUT2D eigenvalue weighted by Crippen LogP contribution is 2.37. The van der Waals surface area contributed by atoms with Crippen LogP contribution in [0.1, 0.15) is 17.5 Å². The number of halogens is 1. The van der Waals surface area contributed by atoms with Gasteiger partial charge in [-0.15, -0.1) is 11.3 Å². The summed E-state index contributed by atoms with van der Waals surface area (Å²) in [5.41, 5.74) is 3.57. The first-order valence-electron chi connectivity index (χ1n) is 10.5. The molecule has 0 radical (unpaired) electrons. The van der Waals surface area contributed by atoms with Crippen LogP contribution in [0.4, 0.5) is 11.4 Å². The number of thiazole rings is 1. The first kappa shape index (κ1) is 23.2. The van der Waals surface area contributed by atoms with E-state index < -0.39 is 6.04 Å². The number of benzene rings is 2. The van der Waals surface area contributed by atoms with Crippen LogP contribution in [-0.2, 0) is 20.7 Å². The average molecular weight is 486 g/mol. The fourth-order valence-electron chi connectivity index (χ4n) is 3.60. The van der Waals surface area contributed by atoms with Gasteiger partial charge in [-0.1, -0.05) is 17.7 Å². The monoisotopic (exact) mass is 485 g/mol. The van der Waals surface area contributed by atoms with Crippen molar-refractivity contribution in [1.82, 2.24) is 4.98 Å². The largest absolute Gasteiger partial charge is 0.482 e. The highest BCUT2D eigenvalue weighted by atomic mass is 35.5. The molecule has 172 valence electrons. The Kier molecular flexibility index (Phi) is 6.97. The maximum Gasteiger partial charge on any atom is 0.265 e. The van der Waals surface area contributed by atoms with Crippen LogP contribution in [0.2, 0.25) is 5.02 Å². The number of anilines is 2. The van der Waals surface area contributed by atoms with Gasteiger partial charge < -0.3 is 14.8 Å². The third-order valence-electron chi connectivity index (χ3n) is 5.50. The first-order chi connectivity index (χ1) is 15.9. The molecule has 0 spiro atoms. The Hall–Kier alpha value is -2.94. The van der Waals surface area contributed by atoms with E-state index in [2.05, 4.69) is 10.3 Å². The zero-order chi connectivity index (χ0) is 23.5. The number of nitrogens with zero attached hydrogens (tertiary/aromatic N) is 2. The van der Waals surface area contributed by atoms with E-state index in [4.69, 9.17) is 21.1 Å². The lowest BCUT2D eigenvalue weighted by molar-refractivity contribution is -0.125. The molecule has 1 aliphatic heterocycles. The molecule has 2 heterocycles. The lowest BCUT2D eigenvalue weighted by Gasteiger charge is -2.33. The maximum absolute atomic E-state index is 13.1. The summed E-state index contributed by atoms with van der Waals surface area (Å²) in [6, 6.07) is 10.1. The van der Waals surface area contributed by atoms with Crippen molar-refractivity contribution in [3.05, 3.63) is 57.4 Å². The van der Waals surface area contributed by atoms with Gasteiger partial charge in [0.05, 0.1) is 23.0 Å². The Morgan fingerprint density at radius 3 is 2.97 bits per heavy atom. The summed E-state index contributed by atoms with van der Waals surface area (Å²) in [6.07, 6.45) is 0.736. The van der Waals surface area contributed by atoms with Crippen molar-refractivity contribution >= 4 is 46.1 Å². The molecule has 33 heavy (non-hydrogen) atoms. The van der Waals surface area contributed by atoms with Gasteiger partial charge in [-0.05, 0) is 49.7 Å². The molecule has 0 fully saturated rings. The molecule has 7 nitrogen and oxygen atoms in total. The predicted molar refractivity (Wildman–Crippen MR) is 130 cm³/mol. The standard InChI is InChI=1S/C24H24ClN3O4S/c1-14-17(25)5-4-6-18(14)27-24(30)15(2)28-20-11-16(7-8-21(20)32-12-23(28)29)19-13-33-22(26-19)9-10-31-3/h4-8,11,13,15H,9-10,12H2,1-3H3,(H,27,30). The first-order valence-corrected chi connectivity index (χ1v) is 11.7. The van der Waals surface area contributed by atoms with Gasteiger partial charge in [-0.25, -0.2) is 4.98 Å². The van der Waals surface area contributed by atoms with Crippen molar-refractivity contribution in [1.29, 1.82) is 0 Å². The predicted octanol–water partition coefficient (Wildman–Crippen LogP) is 4.71. The van der Waals surface area contributed by atoms with E-state index >= 15 is 0 Å². The lowest BCUT2D eigenvalue weighted by Crippen LogP contribution is -2.49. The number of hydrogen-bond donors (Lipinski definition) is 1. The van der Waals surface area contributed by atoms with Crippen LogP contribution in [0, 0.1) is 6.92 Å². The molecule has 1 atom stereocenters. The molecule has 4 rings (SSSR count). The van der Waals surface area contributed by atoms with Gasteiger partial charge in [0.2, 0.25) is 5.91 Å². The minimum absolute atomic E-state index is 0.127. The number of hydrogen-bond acceptors (Lipinski definition) is 6. The molecule has 0 saturated heterocycles. The Balaban J connectivity index is 1.61. The zero-order valence-electron chi connectivity index (χ0n) is 18.6. The number of carbonyl (C=O) groups excluding carboxylic acids is 2. The summed E-state index contributed by atoms with van der Waals surface area (Å²) in [6.45, 7) is 4.00. The van der Waals surface area contributed by atoms with Crippen LogP contribution < -0.4 is 15.0 Å². The van der Waals surface area contributed by atoms with Crippen molar-refractivity contribution in [2.75, 3.05) is 30.5 Å². The second-order valence-corrected chi connectivity index (χ2v) is 9.03. The fraction of sp³-hybridized carbons (Fsp3) is 0.292. The summed E-state index contributed by atoms with van der Waals surface area (Å²) < 4.78 is 10.8. The van der Waals surface area contributed by atoms with Crippen molar-refractivity contribution in [3.63, 3.8) is 0 Å². The van der Waals surface area contributed by atoms with E-state index in [1.165, 1.54) is 4.90 Å². The van der Waals surface area contributed by atoms with Crippen LogP contribution in [0.15, 0.2) is 41.8 Å². The summed E-state index contributed by atoms with van der Waals surface area (Å²) >= 11 is 7.74. The molecule has 1 aliphatic rings. The normalized spacial score (nSPS) is 13.9. The van der Waals surface area contributed by atoms with Crippen molar-refractivity contribution in [2.45, 2.75) is 26.3 Å². The Labute approximate surface area is 201 Å². The van der Waals surface area contributed by atoms with Crippen molar-refractivity contribution in [2.24, 2.45) is 0 Å². The second-order valence-electron chi connectivity index (χ2n) is 7.68. The molecule has 0 saturated carbocycles. The smallest absolute Gasteiger partial charge is 0.265 e. The number of fused-ring (bicyclic) bond motifs is 1. The van der Waals surface area contributed by atoms with E-state index in [0.29, 0.717) is 28.8 Å². The summed E-state index contributed by atoms with van der Waals surface area (Å²) in [5, 5.41) is 6.39. The molecule has 1 unspecified atom stereocenters. The Bertz CT molecular complexity index is 1200. The number of aromatic nitrogens is 1. The van der Waals surface area contributed by atoms with Gasteiger partial charge in [0, 0.05) is 35.2 Å². The van der Waals surface area contributed by atoms with Crippen LogP contribution >= 0.6 is 22.9 Å². The number of carbonyl (C=O) groups is 2. The fourth-order valence-corrected chi connectivity index (χ4v) is 4.56. The lowest BCUT2D eigenvalue weighted by atomic mass is 10.1. The summed E-state index contributed by atoms with van der Waals surface area (Å²) in [5.74, 6) is -0.0570. The zero-order valence-corrected chi connectivity index (χ0v) is 20.1. The average Bonchev–Trinajstić information content (AvgIpc) is 3.29. The highest BCUT2D eigenvalue weighted by Gasteiger charge is 2.33. The van der Waals surface area contributed by atoms with E-state index in [0.717, 1.165) is 28.2 Å². The molecule has 1 aromatic heterocycles. The van der Waals surface area contributed by atoms with Crippen LogP contribution in [0.25, 0.3) is 11.3 Å². The molecular weight excluding hydrogens is 462 g/mol. The highest BCUT2D eigenvalue weighted by molar-refractivity contribution is 7.09. The molecule has 3 aromatic rings. The Morgan fingerprint density at radius 1 is 1.36 bits per heavy atom.